The van der Waals surface area contributed by atoms with Crippen molar-refractivity contribution in [3.05, 3.63) is 47.8 Å². The second-order valence-electron chi connectivity index (χ2n) is 8.34. The predicted octanol–water partition coefficient (Wildman–Crippen LogP) is 2.89. The maximum Gasteiger partial charge on any atom is 0.255 e. The summed E-state index contributed by atoms with van der Waals surface area (Å²) >= 11 is 0. The van der Waals surface area contributed by atoms with Crippen molar-refractivity contribution in [2.75, 3.05) is 26.2 Å². The van der Waals surface area contributed by atoms with E-state index in [-0.39, 0.29) is 30.1 Å². The molecule has 1 aliphatic carbocycles. The lowest BCUT2D eigenvalue weighted by molar-refractivity contribution is 0.173. The minimum absolute atomic E-state index is 0.0400. The van der Waals surface area contributed by atoms with Gasteiger partial charge in [0.2, 0.25) is 0 Å². The van der Waals surface area contributed by atoms with Crippen molar-refractivity contribution >= 4 is 0 Å². The van der Waals surface area contributed by atoms with E-state index in [0.29, 0.717) is 24.0 Å². The molecule has 1 saturated carbocycles. The fraction of sp³-hybridized carbons (Fsp3) is 0.545. The number of rotatable bonds is 7. The van der Waals surface area contributed by atoms with E-state index < -0.39 is 5.95 Å². The number of hydrogen-bond donors (Lipinski definition) is 2. The highest BCUT2D eigenvalue weighted by Crippen LogP contribution is 2.40. The van der Waals surface area contributed by atoms with Gasteiger partial charge in [-0.3, -0.25) is 4.98 Å². The van der Waals surface area contributed by atoms with Crippen LogP contribution in [0, 0.1) is 24.7 Å². The summed E-state index contributed by atoms with van der Waals surface area (Å²) < 4.78 is 19.9. The first kappa shape index (κ1) is 20.0. The largest absolute Gasteiger partial charge is 0.506 e. The maximum atomic E-state index is 14.0. The van der Waals surface area contributed by atoms with Gasteiger partial charge in [-0.15, -0.1) is 0 Å². The summed E-state index contributed by atoms with van der Waals surface area (Å²) in [6, 6.07) is 6.92. The van der Waals surface area contributed by atoms with Gasteiger partial charge in [-0.05, 0) is 62.3 Å². The molecule has 29 heavy (non-hydrogen) atoms. The minimum Gasteiger partial charge on any atom is -0.506 e. The third kappa shape index (κ3) is 4.67. The van der Waals surface area contributed by atoms with Gasteiger partial charge in [0.25, 0.3) is 5.95 Å². The van der Waals surface area contributed by atoms with E-state index in [9.17, 15) is 14.6 Å². The van der Waals surface area contributed by atoms with Crippen LogP contribution in [0.3, 0.4) is 0 Å². The highest BCUT2D eigenvalue weighted by Gasteiger charge is 2.42. The Morgan fingerprint density at radius 2 is 1.97 bits per heavy atom. The lowest BCUT2D eigenvalue weighted by Crippen LogP contribution is -2.29. The molecular formula is C22H28FN3O3. The zero-order valence-corrected chi connectivity index (χ0v) is 16.7. The Morgan fingerprint density at radius 1 is 1.21 bits per heavy atom. The van der Waals surface area contributed by atoms with Crippen LogP contribution in [0.2, 0.25) is 0 Å². The Bertz CT molecular complexity index is 819. The Balaban J connectivity index is 1.32. The molecule has 7 heteroatoms. The fourth-order valence-corrected chi connectivity index (χ4v) is 4.81. The monoisotopic (exact) mass is 401 g/mol. The minimum atomic E-state index is -0.531. The number of aliphatic hydroxyl groups excluding tert-OH is 1. The number of ether oxygens (including phenoxy) is 1. The van der Waals surface area contributed by atoms with E-state index in [2.05, 4.69) is 14.9 Å². The van der Waals surface area contributed by atoms with Crippen LogP contribution in [0.25, 0.3) is 0 Å². The van der Waals surface area contributed by atoms with Gasteiger partial charge in [0, 0.05) is 43.5 Å². The number of nitrogens with zero attached hydrogens (tertiary/aromatic N) is 3. The van der Waals surface area contributed by atoms with Crippen LogP contribution in [-0.4, -0.2) is 57.4 Å². The summed E-state index contributed by atoms with van der Waals surface area (Å²) in [6.07, 6.45) is 4.00. The van der Waals surface area contributed by atoms with Crippen molar-refractivity contribution < 1.29 is 19.3 Å². The van der Waals surface area contributed by atoms with Crippen molar-refractivity contribution in [2.45, 2.75) is 38.2 Å². The molecule has 1 saturated heterocycles. The molecule has 3 heterocycles. The normalized spacial score (nSPS) is 25.1. The summed E-state index contributed by atoms with van der Waals surface area (Å²) in [6.45, 7) is 4.69. The van der Waals surface area contributed by atoms with Crippen LogP contribution in [0.4, 0.5) is 4.39 Å². The Morgan fingerprint density at radius 3 is 2.59 bits per heavy atom. The number of aryl methyl sites for hydroxylation is 1. The number of pyridine rings is 2. The van der Waals surface area contributed by atoms with Gasteiger partial charge in [-0.1, -0.05) is 0 Å². The van der Waals surface area contributed by atoms with Crippen LogP contribution in [0.5, 0.6) is 11.5 Å². The lowest BCUT2D eigenvalue weighted by atomic mass is 10.00. The quantitative estimate of drug-likeness (QED) is 0.695. The molecule has 6 nitrogen and oxygen atoms in total. The highest BCUT2D eigenvalue weighted by atomic mass is 19.1. The van der Waals surface area contributed by atoms with Crippen molar-refractivity contribution in [2.24, 2.45) is 11.8 Å². The molecule has 2 aliphatic rings. The SMILES string of the molecule is Cc1ccc(O[C@H]2C[C@@H]3CN(CC(CCO)c4ccc(O)cn4)C[C@@H]3C2)c(F)n1. The molecule has 2 fully saturated rings. The number of fused-ring (bicyclic) bond motifs is 1. The van der Waals surface area contributed by atoms with Crippen molar-refractivity contribution in [3.8, 4) is 11.5 Å². The summed E-state index contributed by atoms with van der Waals surface area (Å²) in [7, 11) is 0. The van der Waals surface area contributed by atoms with Gasteiger partial charge in [0.05, 0.1) is 12.3 Å². The molecule has 156 valence electrons. The molecule has 1 aliphatic heterocycles. The van der Waals surface area contributed by atoms with Crippen LogP contribution >= 0.6 is 0 Å². The second kappa shape index (κ2) is 8.63. The van der Waals surface area contributed by atoms with Crippen molar-refractivity contribution in [3.63, 3.8) is 0 Å². The average Bonchev–Trinajstić information content (AvgIpc) is 3.22. The Kier molecular flexibility index (Phi) is 5.96. The standard InChI is InChI=1S/C22H28FN3O3/c1-14-2-5-21(22(23)25-14)29-19-8-16-12-26(13-17(16)9-19)11-15(6-7-27)20-4-3-18(28)10-24-20/h2-5,10,15-17,19,27-28H,6-9,11-13H2,1H3/t15?,16-,17+,19+. The predicted molar refractivity (Wildman–Crippen MR) is 106 cm³/mol. The molecular weight excluding hydrogens is 373 g/mol. The molecule has 2 N–H and O–H groups in total. The van der Waals surface area contributed by atoms with E-state index in [1.807, 2.05) is 6.07 Å². The summed E-state index contributed by atoms with van der Waals surface area (Å²) in [5.74, 6) is 1.10. The van der Waals surface area contributed by atoms with Crippen LogP contribution < -0.4 is 4.74 Å². The molecule has 0 amide bonds. The highest BCUT2D eigenvalue weighted by molar-refractivity contribution is 5.22. The van der Waals surface area contributed by atoms with E-state index in [0.717, 1.165) is 38.2 Å². The van der Waals surface area contributed by atoms with Gasteiger partial charge in [0.15, 0.2) is 5.75 Å². The second-order valence-corrected chi connectivity index (χ2v) is 8.34. The van der Waals surface area contributed by atoms with E-state index in [4.69, 9.17) is 4.74 Å². The van der Waals surface area contributed by atoms with Crippen LogP contribution in [0.1, 0.15) is 36.6 Å². The third-order valence-electron chi connectivity index (χ3n) is 6.18. The maximum absolute atomic E-state index is 14.0. The Hall–Kier alpha value is -2.25. The molecule has 2 aromatic rings. The van der Waals surface area contributed by atoms with E-state index in [1.165, 1.54) is 6.20 Å². The molecule has 0 radical (unpaired) electrons. The number of hydrogen-bond acceptors (Lipinski definition) is 6. The number of aromatic hydroxyl groups is 1. The smallest absolute Gasteiger partial charge is 0.255 e. The molecule has 2 aromatic heterocycles. The molecule has 0 bridgehead atoms. The average molecular weight is 401 g/mol. The molecule has 4 rings (SSSR count). The van der Waals surface area contributed by atoms with Gasteiger partial charge < -0.3 is 19.8 Å². The Labute approximate surface area is 170 Å². The number of likely N-dealkylation sites (tertiary alicyclic amines) is 1. The van der Waals surface area contributed by atoms with E-state index in [1.54, 1.807) is 25.1 Å². The molecule has 4 atom stereocenters. The molecule has 0 aromatic carbocycles. The topological polar surface area (TPSA) is 78.7 Å². The van der Waals surface area contributed by atoms with E-state index >= 15 is 0 Å². The summed E-state index contributed by atoms with van der Waals surface area (Å²) in [5.41, 5.74) is 1.55. The fourth-order valence-electron chi connectivity index (χ4n) is 4.81. The number of aliphatic hydroxyl groups is 1. The van der Waals surface area contributed by atoms with Gasteiger partial charge in [0.1, 0.15) is 5.75 Å². The molecule has 1 unspecified atom stereocenters. The zero-order chi connectivity index (χ0) is 20.4. The van der Waals surface area contributed by atoms with Gasteiger partial charge >= 0.3 is 0 Å². The van der Waals surface area contributed by atoms with Gasteiger partial charge in [-0.25, -0.2) is 4.98 Å². The zero-order valence-electron chi connectivity index (χ0n) is 16.7. The number of aromatic nitrogens is 2. The lowest BCUT2D eigenvalue weighted by Gasteiger charge is -2.24. The van der Waals surface area contributed by atoms with Crippen molar-refractivity contribution in [1.29, 1.82) is 0 Å². The van der Waals surface area contributed by atoms with Crippen molar-refractivity contribution in [1.82, 2.24) is 14.9 Å². The summed E-state index contributed by atoms with van der Waals surface area (Å²) in [4.78, 5) is 10.6. The number of halogens is 1. The van der Waals surface area contributed by atoms with Crippen LogP contribution in [-0.2, 0) is 0 Å². The first-order valence-corrected chi connectivity index (χ1v) is 10.3. The third-order valence-corrected chi connectivity index (χ3v) is 6.18. The summed E-state index contributed by atoms with van der Waals surface area (Å²) in [5, 5.41) is 18.9. The van der Waals surface area contributed by atoms with Gasteiger partial charge in [-0.2, -0.15) is 4.39 Å². The van der Waals surface area contributed by atoms with Crippen LogP contribution in [0.15, 0.2) is 30.5 Å². The first-order chi connectivity index (χ1) is 14.0. The first-order valence-electron chi connectivity index (χ1n) is 10.3. The molecule has 0 spiro atoms.